The zero-order valence-electron chi connectivity index (χ0n) is 71.5. The number of Topliss-reactive ketones (excluding diaryl/α,β-unsaturated/α-hetero) is 2. The first-order valence-electron chi connectivity index (χ1n) is 41.4. The molecule has 0 aromatic heterocycles. The smallest absolute Gasteiger partial charge is 0.312 e. The number of benzene rings is 4. The minimum Gasteiger partial charge on any atom is -0.507 e. The van der Waals surface area contributed by atoms with Crippen LogP contribution in [0.1, 0.15) is 189 Å². The van der Waals surface area contributed by atoms with Gasteiger partial charge >= 0.3 is 17.5 Å². The fraction of sp³-hybridized carbons (Fsp3) is 0.589. The molecule has 10 aliphatic heterocycles. The molecule has 0 saturated carbocycles. The van der Waals surface area contributed by atoms with Gasteiger partial charge in [0, 0.05) is 154 Å². The fourth-order valence-electron chi connectivity index (χ4n) is 17.8. The summed E-state index contributed by atoms with van der Waals surface area (Å²) in [5.74, 6) is -11.9. The number of phenolic OH excluding ortho intramolecular Hbond substituents is 4. The Balaban J connectivity index is 0.000000230. The van der Waals surface area contributed by atoms with E-state index in [2.05, 4.69) is 58.1 Å². The van der Waals surface area contributed by atoms with Gasteiger partial charge in [-0.25, -0.2) is 9.98 Å². The molecule has 0 radical (unpaired) electrons. The van der Waals surface area contributed by atoms with Crippen LogP contribution < -0.4 is 41.5 Å². The van der Waals surface area contributed by atoms with E-state index in [0.29, 0.717) is 48.9 Å². The number of anilines is 2. The van der Waals surface area contributed by atoms with Crippen LogP contribution in [0.5, 0.6) is 34.5 Å². The van der Waals surface area contributed by atoms with E-state index in [9.17, 15) is 69.9 Å². The van der Waals surface area contributed by atoms with Gasteiger partial charge < -0.3 is 90.1 Å². The molecule has 10 aliphatic rings. The summed E-state index contributed by atoms with van der Waals surface area (Å²) in [6.45, 7) is 42.2. The van der Waals surface area contributed by atoms with Crippen molar-refractivity contribution in [2.24, 2.45) is 91.0 Å². The van der Waals surface area contributed by atoms with E-state index in [1.54, 1.807) is 118 Å². The van der Waals surface area contributed by atoms with Crippen molar-refractivity contribution >= 4 is 62.3 Å². The Labute approximate surface area is 684 Å². The third-order valence-corrected chi connectivity index (χ3v) is 25.9. The van der Waals surface area contributed by atoms with Crippen molar-refractivity contribution < 1.29 is 93.6 Å². The Kier molecular flexibility index (Phi) is 26.0. The maximum absolute atomic E-state index is 14.7. The van der Waals surface area contributed by atoms with Gasteiger partial charge in [0.1, 0.15) is 61.9 Å². The Bertz CT molecular complexity index is 5050. The van der Waals surface area contributed by atoms with Crippen molar-refractivity contribution in [3.8, 4) is 34.5 Å². The summed E-state index contributed by atoms with van der Waals surface area (Å²) in [5.41, 5.74) is 0.0289. The highest BCUT2D eigenvalue weighted by Gasteiger charge is 2.53. The Morgan fingerprint density at radius 1 is 0.487 bits per heavy atom. The lowest BCUT2D eigenvalue weighted by Crippen LogP contribution is -2.47. The highest BCUT2D eigenvalue weighted by molar-refractivity contribution is 6.23. The molecular formula is C90H122N8O19. The number of likely N-dealkylation sites (tertiary alicyclic amines) is 2. The molecule has 18 atom stereocenters. The van der Waals surface area contributed by atoms with E-state index >= 15 is 0 Å². The minimum absolute atomic E-state index is 0.0639. The molecule has 10 heterocycles. The number of aliphatic hydroxyl groups excluding tert-OH is 5. The minimum atomic E-state index is -1.89. The largest absolute Gasteiger partial charge is 0.507 e. The lowest BCUT2D eigenvalue weighted by atomic mass is 9.77. The molecule has 2 saturated heterocycles. The molecule has 27 heteroatoms. The van der Waals surface area contributed by atoms with Crippen molar-refractivity contribution in [2.75, 3.05) is 49.9 Å². The van der Waals surface area contributed by atoms with Gasteiger partial charge in [0.2, 0.25) is 0 Å². The zero-order valence-corrected chi connectivity index (χ0v) is 71.5. The van der Waals surface area contributed by atoms with E-state index in [1.807, 2.05) is 27.7 Å². The average Bonchev–Trinajstić information content (AvgIpc) is 1.56. The molecule has 4 aromatic carbocycles. The number of rotatable bonds is 5. The maximum atomic E-state index is 14.7. The van der Waals surface area contributed by atoms with Crippen LogP contribution in [0.15, 0.2) is 92.2 Å². The number of ketones is 2. The van der Waals surface area contributed by atoms with Crippen LogP contribution in [-0.2, 0) is 28.6 Å². The summed E-state index contributed by atoms with van der Waals surface area (Å²) >= 11 is 0. The van der Waals surface area contributed by atoms with Gasteiger partial charge in [-0.1, -0.05) is 133 Å². The number of piperidine rings is 2. The van der Waals surface area contributed by atoms with Crippen LogP contribution in [0, 0.1) is 84.9 Å². The van der Waals surface area contributed by atoms with Crippen molar-refractivity contribution in [2.45, 2.75) is 231 Å². The lowest BCUT2D eigenvalue weighted by molar-refractivity contribution is -0.158. The number of amides is 2. The van der Waals surface area contributed by atoms with E-state index in [-0.39, 0.29) is 123 Å². The topological polar surface area (TPSA) is 394 Å². The summed E-state index contributed by atoms with van der Waals surface area (Å²) < 4.78 is 30.6. The number of esters is 1. The van der Waals surface area contributed by atoms with E-state index < -0.39 is 136 Å². The molecule has 4 aromatic rings. The second-order valence-corrected chi connectivity index (χ2v) is 35.7. The third kappa shape index (κ3) is 17.0. The average molecular weight is 1620 g/mol. The molecule has 0 aliphatic carbocycles. The van der Waals surface area contributed by atoms with Gasteiger partial charge in [0.05, 0.1) is 76.3 Å². The number of ether oxygens (including phenoxy) is 5. The monoisotopic (exact) mass is 1620 g/mol. The third-order valence-electron chi connectivity index (χ3n) is 25.9. The standard InChI is InChI=1S/C46H62N4O10.C44H60N4O9/c1-22(2)21-50-18-16-46(17-19-50)48-34-31-32-39(54)29(9)42-33(31)43(56)45(11,60-42)58-20-15-23(3)26(6)41(59-30(10)51)28(8)38(53)27(7)37(52)24(4)13-12-14-25(5)44(57)47-36(40(32)55)35(34)49-46;1-21(2)20-48-17-15-44(16-18-48)46-32-29-30-38(52)28(9)40-31(29)41(54)43(10,57-40)56-19-14-22(3)25(6)36(50)27(8)37(51)26(7)35(49)23(4)12-11-13-24(5)42(55)45-34(39(30)53)33(32)47-44/h12-15,20,22-24,26-28,37-38,41,48,52-55H,16-19,21H2,1-11H3;11-14,19,21-23,25-27,35-37,46,49-53H,15-18,20H2,1-10H3/b13-12+,20-15+,25-14-,47-36?;12-11+,19-14+,24-13-,45-34?/t23-,24-,26+,27+,28+,37-,38+,41+,45-;22-,23-,25+,26+,27-,35-,36+,37+,43-/m00/s1. The first-order chi connectivity index (χ1) is 54.8. The van der Waals surface area contributed by atoms with E-state index in [1.165, 1.54) is 33.3 Å². The second kappa shape index (κ2) is 34.3. The predicted molar refractivity (Wildman–Crippen MR) is 443 cm³/mol. The van der Waals surface area contributed by atoms with Crippen LogP contribution in [0.2, 0.25) is 0 Å². The first kappa shape index (κ1) is 88.7. The van der Waals surface area contributed by atoms with Crippen molar-refractivity contribution in [1.29, 1.82) is 0 Å². The second-order valence-electron chi connectivity index (χ2n) is 35.7. The van der Waals surface area contributed by atoms with E-state index in [4.69, 9.17) is 33.7 Å². The van der Waals surface area contributed by atoms with Gasteiger partial charge in [-0.15, -0.1) is 0 Å². The maximum Gasteiger partial charge on any atom is 0.312 e. The fourth-order valence-corrected chi connectivity index (χ4v) is 17.8. The van der Waals surface area contributed by atoms with Gasteiger partial charge in [0.25, 0.3) is 23.4 Å². The molecule has 27 nitrogen and oxygen atoms in total. The number of nitrogens with one attached hydrogen (secondary N) is 2. The highest BCUT2D eigenvalue weighted by atomic mass is 16.7. The molecular weight excluding hydrogens is 1500 g/mol. The van der Waals surface area contributed by atoms with Gasteiger partial charge in [-0.3, -0.25) is 34.0 Å². The molecule has 2 spiro atoms. The number of fused-ring (bicyclic) bond motifs is 26. The molecule has 10 bridgehead atoms. The summed E-state index contributed by atoms with van der Waals surface area (Å²) in [7, 11) is 0. The molecule has 2 fully saturated rings. The van der Waals surface area contributed by atoms with Crippen LogP contribution >= 0.6 is 0 Å². The number of carbonyl (C=O) groups is 5. The van der Waals surface area contributed by atoms with Crippen LogP contribution in [-0.4, -0.2) is 184 Å². The zero-order chi connectivity index (χ0) is 86.1. The predicted octanol–water partition coefficient (Wildman–Crippen LogP) is 10.2. The van der Waals surface area contributed by atoms with E-state index in [0.717, 1.165) is 39.3 Å². The summed E-state index contributed by atoms with van der Waals surface area (Å²) in [5, 5.41) is 112. The quantitative estimate of drug-likeness (QED) is 0.0653. The van der Waals surface area contributed by atoms with Gasteiger partial charge in [-0.05, 0) is 75.4 Å². The molecule has 636 valence electrons. The number of carbonyl (C=O) groups excluding carboxylic acids is 5. The number of hydrogen-bond acceptors (Lipinski definition) is 25. The molecule has 117 heavy (non-hydrogen) atoms. The Morgan fingerprint density at radius 2 is 0.838 bits per heavy atom. The number of aromatic hydroxyl groups is 4. The highest BCUT2D eigenvalue weighted by Crippen LogP contribution is 2.54. The molecule has 11 N–H and O–H groups in total. The summed E-state index contributed by atoms with van der Waals surface area (Å²) in [6.07, 6.45) is 12.6. The first-order valence-corrected chi connectivity index (χ1v) is 41.4. The number of nitrogens with zero attached hydrogens (tertiary/aromatic N) is 6. The van der Waals surface area contributed by atoms with Gasteiger partial charge in [0.15, 0.2) is 11.5 Å². The lowest BCUT2D eigenvalue weighted by Gasteiger charge is -2.38. The van der Waals surface area contributed by atoms with Crippen LogP contribution in [0.3, 0.4) is 0 Å². The molecule has 14 rings (SSSR count). The number of hydrogen-bond donors (Lipinski definition) is 11. The number of phenols is 4. The summed E-state index contributed by atoms with van der Waals surface area (Å²) in [4.78, 5) is 93.1. The van der Waals surface area contributed by atoms with Crippen LogP contribution in [0.4, 0.5) is 11.4 Å². The normalized spacial score (nSPS) is 33.6. The SMILES string of the molecule is C/C1=C/C=C/[C@H](C)[C@H](O)[C@@H](C)[C@@H](O)[C@@H](C)[C@H](O)[C@H](C)[C@@H](C)/C=C/O[C@@]2(C)Oc3c(C)c(O)c4c(O)c(c5c(c4c3C2=O)NC2(CCN(CC(C)C)CC2)N=5)=NC1=O.CC(=O)O[C@H]1[C@H](C)[C@H](O)[C@H](C)[C@@H](O)[C@@H](C)/C=C/C=C(/C)C(=O)N=c2c(O)c3c(O)c(C)c4c(c3c3c2=NC2(CCN(CC(C)C)CC2)N3)C(=O)[C@@](C)(O/C=C/[C@H](C)[C@H]1C)O4. The Morgan fingerprint density at radius 3 is 1.21 bits per heavy atom. The Hall–Kier alpha value is -9.09. The van der Waals surface area contributed by atoms with Gasteiger partial charge in [-0.2, -0.15) is 0 Å². The molecule has 2 amide bonds. The summed E-state index contributed by atoms with van der Waals surface area (Å²) in [6, 6.07) is 0. The van der Waals surface area contributed by atoms with Crippen molar-refractivity contribution in [3.63, 3.8) is 0 Å². The number of aliphatic hydroxyl groups is 5. The van der Waals surface area contributed by atoms with Crippen molar-refractivity contribution in [3.05, 3.63) is 116 Å². The van der Waals surface area contributed by atoms with Crippen LogP contribution in [0.25, 0.3) is 21.5 Å². The number of allylic oxidation sites excluding steroid dienone is 6. The molecule has 0 unspecified atom stereocenters. The van der Waals surface area contributed by atoms with Crippen molar-refractivity contribution in [1.82, 2.24) is 9.80 Å².